The number of carbonyl (C=O) groups excluding carboxylic acids is 1. The Morgan fingerprint density at radius 1 is 1.13 bits per heavy atom. The quantitative estimate of drug-likeness (QED) is 0.411. The number of hydrogen-bond acceptors (Lipinski definition) is 4. The molecule has 2 aromatic carbocycles. The Labute approximate surface area is 142 Å². The molecule has 0 fully saturated rings. The van der Waals surface area contributed by atoms with Crippen LogP contribution in [0.1, 0.15) is 5.56 Å². The van der Waals surface area contributed by atoms with Gasteiger partial charge in [0.25, 0.3) is 15.9 Å². The van der Waals surface area contributed by atoms with Crippen LogP contribution in [0.4, 0.5) is 5.69 Å². The highest BCUT2D eigenvalue weighted by Crippen LogP contribution is 2.21. The van der Waals surface area contributed by atoms with Crippen molar-refractivity contribution < 1.29 is 18.4 Å². The minimum absolute atomic E-state index is 0.0113. The number of sulfonamides is 1. The van der Waals surface area contributed by atoms with E-state index in [9.17, 15) is 13.2 Å². The molecule has 0 atom stereocenters. The van der Waals surface area contributed by atoms with Crippen LogP contribution in [-0.2, 0) is 14.8 Å². The van der Waals surface area contributed by atoms with Crippen LogP contribution < -0.4 is 10.2 Å². The Balaban J connectivity index is 2.28. The molecule has 0 heterocycles. The van der Waals surface area contributed by atoms with Crippen LogP contribution in [-0.4, -0.2) is 19.5 Å². The van der Waals surface area contributed by atoms with E-state index < -0.39 is 15.9 Å². The second-order valence-electron chi connectivity index (χ2n) is 4.56. The molecule has 120 valence electrons. The third-order valence-electron chi connectivity index (χ3n) is 2.96. The second kappa shape index (κ2) is 6.95. The molecule has 0 saturated carbocycles. The van der Waals surface area contributed by atoms with Gasteiger partial charge >= 0.3 is 0 Å². The lowest BCUT2D eigenvalue weighted by molar-refractivity contribution is -0.123. The number of hydrogen-bond donors (Lipinski definition) is 3. The Morgan fingerprint density at radius 2 is 1.78 bits per heavy atom. The van der Waals surface area contributed by atoms with Crippen LogP contribution >= 0.6 is 15.9 Å². The highest BCUT2D eigenvalue weighted by molar-refractivity contribution is 9.10. The number of nitrogens with one attached hydrogen (secondary N) is 2. The Kier molecular flexibility index (Phi) is 5.19. The highest BCUT2D eigenvalue weighted by Gasteiger charge is 2.15. The molecule has 0 aliphatic rings. The van der Waals surface area contributed by atoms with Crippen molar-refractivity contribution in [2.45, 2.75) is 4.90 Å². The molecule has 2 aromatic rings. The van der Waals surface area contributed by atoms with E-state index in [4.69, 9.17) is 5.21 Å². The van der Waals surface area contributed by atoms with Crippen LogP contribution in [0.5, 0.6) is 0 Å². The zero-order valence-corrected chi connectivity index (χ0v) is 14.2. The lowest BCUT2D eigenvalue weighted by Gasteiger charge is -2.10. The summed E-state index contributed by atoms with van der Waals surface area (Å²) in [6.45, 7) is 3.55. The van der Waals surface area contributed by atoms with Gasteiger partial charge in [-0.1, -0.05) is 34.6 Å². The van der Waals surface area contributed by atoms with Crippen molar-refractivity contribution in [1.29, 1.82) is 0 Å². The maximum absolute atomic E-state index is 12.3. The number of halogens is 1. The summed E-state index contributed by atoms with van der Waals surface area (Å²) in [7, 11) is -3.75. The van der Waals surface area contributed by atoms with E-state index in [-0.39, 0.29) is 16.2 Å². The van der Waals surface area contributed by atoms with E-state index in [0.717, 1.165) is 4.47 Å². The summed E-state index contributed by atoms with van der Waals surface area (Å²) >= 11 is 3.24. The van der Waals surface area contributed by atoms with E-state index in [2.05, 4.69) is 27.2 Å². The summed E-state index contributed by atoms with van der Waals surface area (Å²) in [6.07, 6.45) is 0. The first-order chi connectivity index (χ1) is 10.8. The zero-order valence-electron chi connectivity index (χ0n) is 11.8. The minimum Gasteiger partial charge on any atom is -0.288 e. The Bertz CT molecular complexity index is 848. The maximum Gasteiger partial charge on any atom is 0.274 e. The number of carbonyl (C=O) groups is 1. The molecule has 8 heteroatoms. The molecule has 2 rings (SSSR count). The van der Waals surface area contributed by atoms with Crippen molar-refractivity contribution in [1.82, 2.24) is 5.48 Å². The smallest absolute Gasteiger partial charge is 0.274 e. The van der Waals surface area contributed by atoms with Gasteiger partial charge in [-0.3, -0.25) is 14.7 Å². The van der Waals surface area contributed by atoms with Gasteiger partial charge in [-0.2, -0.15) is 0 Å². The molecule has 0 saturated heterocycles. The molecule has 0 bridgehead atoms. The predicted molar refractivity (Wildman–Crippen MR) is 90.4 cm³/mol. The molecule has 23 heavy (non-hydrogen) atoms. The largest absolute Gasteiger partial charge is 0.288 e. The van der Waals surface area contributed by atoms with Crippen molar-refractivity contribution >= 4 is 43.1 Å². The van der Waals surface area contributed by atoms with Crippen LogP contribution in [0.15, 0.2) is 64.5 Å². The molecule has 0 aliphatic heterocycles. The Morgan fingerprint density at radius 3 is 2.39 bits per heavy atom. The summed E-state index contributed by atoms with van der Waals surface area (Å²) in [5, 5.41) is 8.62. The summed E-state index contributed by atoms with van der Waals surface area (Å²) < 4.78 is 27.8. The molecule has 6 nitrogen and oxygen atoms in total. The monoisotopic (exact) mass is 396 g/mol. The van der Waals surface area contributed by atoms with Gasteiger partial charge in [0, 0.05) is 15.7 Å². The molecule has 0 spiro atoms. The normalized spacial score (nSPS) is 10.9. The molecule has 1 amide bonds. The van der Waals surface area contributed by atoms with E-state index in [0.29, 0.717) is 5.56 Å². The van der Waals surface area contributed by atoms with Crippen LogP contribution in [0.25, 0.3) is 5.57 Å². The Hall–Kier alpha value is -2.16. The third kappa shape index (κ3) is 4.19. The minimum atomic E-state index is -3.75. The lowest BCUT2D eigenvalue weighted by Crippen LogP contribution is -2.19. The number of amides is 1. The first-order valence-corrected chi connectivity index (χ1v) is 8.63. The van der Waals surface area contributed by atoms with Crippen LogP contribution in [0, 0.1) is 0 Å². The average Bonchev–Trinajstić information content (AvgIpc) is 2.53. The van der Waals surface area contributed by atoms with Crippen molar-refractivity contribution in [3.8, 4) is 0 Å². The molecule has 0 aromatic heterocycles. The average molecular weight is 397 g/mol. The lowest BCUT2D eigenvalue weighted by atomic mass is 10.1. The molecule has 0 unspecified atom stereocenters. The van der Waals surface area contributed by atoms with Gasteiger partial charge in [0.2, 0.25) is 0 Å². The van der Waals surface area contributed by atoms with Gasteiger partial charge in [0.05, 0.1) is 4.90 Å². The molecule has 0 radical (unpaired) electrons. The molecular formula is C15H13BrN2O4S. The first-order valence-electron chi connectivity index (χ1n) is 6.35. The standard InChI is InChI=1S/C15H13BrN2O4S/c1-10(15(19)17-20)11-3-2-4-13(9-11)18-23(21,22)14-7-5-12(16)6-8-14/h2-9,18,20H,1H2,(H,17,19). The van der Waals surface area contributed by atoms with Crippen molar-refractivity contribution in [2.24, 2.45) is 0 Å². The van der Waals surface area contributed by atoms with Gasteiger partial charge in [-0.15, -0.1) is 0 Å². The van der Waals surface area contributed by atoms with Crippen molar-refractivity contribution in [2.75, 3.05) is 4.72 Å². The van der Waals surface area contributed by atoms with E-state index >= 15 is 0 Å². The SMILES string of the molecule is C=C(C(=O)NO)c1cccc(NS(=O)(=O)c2ccc(Br)cc2)c1. The number of anilines is 1. The molecular weight excluding hydrogens is 384 g/mol. The van der Waals surface area contributed by atoms with Crippen LogP contribution in [0.2, 0.25) is 0 Å². The van der Waals surface area contributed by atoms with E-state index in [1.54, 1.807) is 30.3 Å². The second-order valence-corrected chi connectivity index (χ2v) is 7.16. The van der Waals surface area contributed by atoms with E-state index in [1.165, 1.54) is 23.7 Å². The topological polar surface area (TPSA) is 95.5 Å². The number of benzene rings is 2. The third-order valence-corrected chi connectivity index (χ3v) is 4.89. The fourth-order valence-corrected chi connectivity index (χ4v) is 3.11. The fraction of sp³-hybridized carbons (Fsp3) is 0. The van der Waals surface area contributed by atoms with Gasteiger partial charge in [0.1, 0.15) is 0 Å². The van der Waals surface area contributed by atoms with Gasteiger partial charge < -0.3 is 0 Å². The van der Waals surface area contributed by atoms with Gasteiger partial charge in [-0.25, -0.2) is 13.9 Å². The van der Waals surface area contributed by atoms with Gasteiger partial charge in [0.15, 0.2) is 0 Å². The fourth-order valence-electron chi connectivity index (χ4n) is 1.80. The summed E-state index contributed by atoms with van der Waals surface area (Å²) in [5.41, 5.74) is 2.15. The number of hydroxylamine groups is 1. The number of rotatable bonds is 5. The first kappa shape index (κ1) is 17.2. The van der Waals surface area contributed by atoms with Crippen LogP contribution in [0.3, 0.4) is 0 Å². The summed E-state index contributed by atoms with van der Waals surface area (Å²) in [4.78, 5) is 11.5. The molecule has 0 aliphatic carbocycles. The van der Waals surface area contributed by atoms with E-state index in [1.807, 2.05) is 0 Å². The summed E-state index contributed by atoms with van der Waals surface area (Å²) in [5.74, 6) is -0.766. The zero-order chi connectivity index (χ0) is 17.0. The predicted octanol–water partition coefficient (Wildman–Crippen LogP) is 2.77. The maximum atomic E-state index is 12.3. The highest BCUT2D eigenvalue weighted by atomic mass is 79.9. The van der Waals surface area contributed by atoms with Gasteiger partial charge in [-0.05, 0) is 42.0 Å². The van der Waals surface area contributed by atoms with Crippen molar-refractivity contribution in [3.63, 3.8) is 0 Å². The summed E-state index contributed by atoms with van der Waals surface area (Å²) in [6, 6.07) is 12.3. The molecule has 3 N–H and O–H groups in total. The van der Waals surface area contributed by atoms with Crippen molar-refractivity contribution in [3.05, 3.63) is 65.1 Å².